The third-order valence-electron chi connectivity index (χ3n) is 3.73. The van der Waals surface area contributed by atoms with Crippen LogP contribution in [0.25, 0.3) is 0 Å². The summed E-state index contributed by atoms with van der Waals surface area (Å²) in [6, 6.07) is 4.75. The van der Waals surface area contributed by atoms with Gasteiger partial charge < -0.3 is 19.7 Å². The monoisotopic (exact) mass is 364 g/mol. The van der Waals surface area contributed by atoms with E-state index in [2.05, 4.69) is 10.1 Å². The molecule has 1 saturated heterocycles. The fourth-order valence-electron chi connectivity index (χ4n) is 2.64. The van der Waals surface area contributed by atoms with Crippen molar-refractivity contribution < 1.29 is 23.0 Å². The van der Waals surface area contributed by atoms with E-state index >= 15 is 0 Å². The first-order valence-corrected chi connectivity index (χ1v) is 7.67. The summed E-state index contributed by atoms with van der Waals surface area (Å²) >= 11 is 0. The zero-order valence-electron chi connectivity index (χ0n) is 13.8. The molecule has 1 amide bonds. The van der Waals surface area contributed by atoms with Crippen LogP contribution in [0.2, 0.25) is 0 Å². The molecular weight excluding hydrogens is 342 g/mol. The third kappa shape index (κ3) is 5.49. The quantitative estimate of drug-likeness (QED) is 0.808. The van der Waals surface area contributed by atoms with Crippen molar-refractivity contribution in [3.8, 4) is 11.5 Å². The molecular formula is C16H23ClF2N2O3. The summed E-state index contributed by atoms with van der Waals surface area (Å²) in [6.45, 7) is 1.16. The van der Waals surface area contributed by atoms with Gasteiger partial charge in [-0.15, -0.1) is 12.4 Å². The van der Waals surface area contributed by atoms with Crippen molar-refractivity contribution in [2.24, 2.45) is 5.92 Å². The fraction of sp³-hybridized carbons (Fsp3) is 0.562. The van der Waals surface area contributed by atoms with E-state index in [-0.39, 0.29) is 35.7 Å². The number of carbonyl (C=O) groups excluding carboxylic acids is 1. The minimum absolute atomic E-state index is 0. The number of hydrogen-bond acceptors (Lipinski definition) is 4. The highest BCUT2D eigenvalue weighted by Gasteiger charge is 2.25. The molecule has 0 aliphatic carbocycles. The average Bonchev–Trinajstić information content (AvgIpc) is 3.03. The van der Waals surface area contributed by atoms with Gasteiger partial charge >= 0.3 is 6.61 Å². The Balaban J connectivity index is 0.00000288. The molecule has 0 radical (unpaired) electrons. The van der Waals surface area contributed by atoms with E-state index in [1.807, 2.05) is 0 Å². The molecule has 1 fully saturated rings. The standard InChI is InChI=1S/C16H22F2N2O3.ClH/c1-3-22-14-8-11(4-5-13(14)23-16(17)18)10-20(2)15(21)12-6-7-19-9-12;/h4-5,8,12,16,19H,3,6-7,9-10H2,1-2H3;1H. The molecule has 5 nitrogen and oxygen atoms in total. The molecule has 1 aliphatic rings. The highest BCUT2D eigenvalue weighted by molar-refractivity contribution is 5.85. The fourth-order valence-corrected chi connectivity index (χ4v) is 2.64. The zero-order valence-corrected chi connectivity index (χ0v) is 14.6. The van der Waals surface area contributed by atoms with Crippen LogP contribution < -0.4 is 14.8 Å². The molecule has 136 valence electrons. The van der Waals surface area contributed by atoms with E-state index in [0.29, 0.717) is 19.7 Å². The van der Waals surface area contributed by atoms with Gasteiger partial charge in [0.05, 0.1) is 12.5 Å². The molecule has 8 heteroatoms. The van der Waals surface area contributed by atoms with Crippen molar-refractivity contribution in [1.82, 2.24) is 10.2 Å². The van der Waals surface area contributed by atoms with Gasteiger partial charge in [0.2, 0.25) is 5.91 Å². The van der Waals surface area contributed by atoms with Crippen LogP contribution in [0, 0.1) is 5.92 Å². The molecule has 1 N–H and O–H groups in total. The maximum atomic E-state index is 12.4. The summed E-state index contributed by atoms with van der Waals surface area (Å²) in [5.41, 5.74) is 0.803. The van der Waals surface area contributed by atoms with Crippen LogP contribution in [0.5, 0.6) is 11.5 Å². The van der Waals surface area contributed by atoms with Gasteiger partial charge in [-0.1, -0.05) is 6.07 Å². The highest BCUT2D eigenvalue weighted by atomic mass is 35.5. The van der Waals surface area contributed by atoms with Crippen molar-refractivity contribution in [2.45, 2.75) is 26.5 Å². The Morgan fingerprint density at radius 3 is 2.75 bits per heavy atom. The molecule has 1 aromatic rings. The van der Waals surface area contributed by atoms with Crippen molar-refractivity contribution in [2.75, 3.05) is 26.7 Å². The number of hydrogen-bond donors (Lipinski definition) is 1. The van der Waals surface area contributed by atoms with Gasteiger partial charge in [-0.05, 0) is 37.6 Å². The van der Waals surface area contributed by atoms with E-state index in [4.69, 9.17) is 4.74 Å². The predicted octanol–water partition coefficient (Wildman–Crippen LogP) is 2.68. The topological polar surface area (TPSA) is 50.8 Å². The SMILES string of the molecule is CCOc1cc(CN(C)C(=O)C2CCNC2)ccc1OC(F)F.Cl. The van der Waals surface area contributed by atoms with Gasteiger partial charge in [0.1, 0.15) is 0 Å². The third-order valence-corrected chi connectivity index (χ3v) is 3.73. The molecule has 0 saturated carbocycles. The highest BCUT2D eigenvalue weighted by Crippen LogP contribution is 2.30. The molecule has 0 bridgehead atoms. The molecule has 0 aromatic heterocycles. The molecule has 1 atom stereocenters. The Kier molecular flexibility index (Phi) is 8.21. The number of amides is 1. The summed E-state index contributed by atoms with van der Waals surface area (Å²) in [7, 11) is 1.74. The van der Waals surface area contributed by atoms with Gasteiger partial charge in [-0.25, -0.2) is 0 Å². The largest absolute Gasteiger partial charge is 0.490 e. The summed E-state index contributed by atoms with van der Waals surface area (Å²) < 4.78 is 34.6. The smallest absolute Gasteiger partial charge is 0.387 e. The molecule has 1 unspecified atom stereocenters. The Labute approximate surface area is 146 Å². The molecule has 24 heavy (non-hydrogen) atoms. The van der Waals surface area contributed by atoms with Gasteiger partial charge in [0, 0.05) is 20.1 Å². The predicted molar refractivity (Wildman–Crippen MR) is 88.9 cm³/mol. The van der Waals surface area contributed by atoms with E-state index < -0.39 is 6.61 Å². The lowest BCUT2D eigenvalue weighted by atomic mass is 10.1. The van der Waals surface area contributed by atoms with E-state index in [1.54, 1.807) is 31.0 Å². The lowest BCUT2D eigenvalue weighted by Gasteiger charge is -2.21. The minimum Gasteiger partial charge on any atom is -0.490 e. The van der Waals surface area contributed by atoms with Gasteiger partial charge in [-0.2, -0.15) is 8.78 Å². The van der Waals surface area contributed by atoms with Crippen molar-refractivity contribution in [1.29, 1.82) is 0 Å². The van der Waals surface area contributed by atoms with Crippen LogP contribution in [-0.2, 0) is 11.3 Å². The van der Waals surface area contributed by atoms with Gasteiger partial charge in [0.15, 0.2) is 11.5 Å². The molecule has 1 heterocycles. The summed E-state index contributed by atoms with van der Waals surface area (Å²) in [5, 5.41) is 3.17. The normalized spacial score (nSPS) is 16.6. The maximum Gasteiger partial charge on any atom is 0.387 e. The van der Waals surface area contributed by atoms with E-state index in [0.717, 1.165) is 18.5 Å². The first-order valence-electron chi connectivity index (χ1n) is 7.67. The number of rotatable bonds is 7. The Morgan fingerprint density at radius 1 is 1.42 bits per heavy atom. The Bertz CT molecular complexity index is 540. The molecule has 1 aliphatic heterocycles. The van der Waals surface area contributed by atoms with Crippen LogP contribution in [0.15, 0.2) is 18.2 Å². The number of carbonyl (C=O) groups is 1. The summed E-state index contributed by atoms with van der Waals surface area (Å²) in [6.07, 6.45) is 0.842. The second-order valence-electron chi connectivity index (χ2n) is 5.48. The average molecular weight is 365 g/mol. The number of nitrogens with zero attached hydrogens (tertiary/aromatic N) is 1. The van der Waals surface area contributed by atoms with Crippen LogP contribution >= 0.6 is 12.4 Å². The number of ether oxygens (including phenoxy) is 2. The minimum atomic E-state index is -2.90. The van der Waals surface area contributed by atoms with Crippen molar-refractivity contribution in [3.63, 3.8) is 0 Å². The lowest BCUT2D eigenvalue weighted by Crippen LogP contribution is -2.33. The lowest BCUT2D eigenvalue weighted by molar-refractivity contribution is -0.134. The Morgan fingerprint density at radius 2 is 2.17 bits per heavy atom. The number of alkyl halides is 2. The Hall–Kier alpha value is -1.60. The van der Waals surface area contributed by atoms with Crippen LogP contribution in [0.3, 0.4) is 0 Å². The van der Waals surface area contributed by atoms with Crippen LogP contribution in [-0.4, -0.2) is 44.2 Å². The second kappa shape index (κ2) is 9.64. The first-order chi connectivity index (χ1) is 11.0. The van der Waals surface area contributed by atoms with Crippen molar-refractivity contribution >= 4 is 18.3 Å². The van der Waals surface area contributed by atoms with E-state index in [1.165, 1.54) is 6.07 Å². The van der Waals surface area contributed by atoms with Gasteiger partial charge in [0.25, 0.3) is 0 Å². The molecule has 1 aromatic carbocycles. The summed E-state index contributed by atoms with van der Waals surface area (Å²) in [4.78, 5) is 14.0. The van der Waals surface area contributed by atoms with E-state index in [9.17, 15) is 13.6 Å². The first kappa shape index (κ1) is 20.4. The number of benzene rings is 1. The molecule has 0 spiro atoms. The number of nitrogens with one attached hydrogen (secondary N) is 1. The van der Waals surface area contributed by atoms with Gasteiger partial charge in [-0.3, -0.25) is 4.79 Å². The van der Waals surface area contributed by atoms with Crippen LogP contribution in [0.4, 0.5) is 8.78 Å². The molecule has 2 rings (SSSR count). The summed E-state index contributed by atoms with van der Waals surface area (Å²) in [5.74, 6) is 0.349. The number of halogens is 3. The zero-order chi connectivity index (χ0) is 16.8. The second-order valence-corrected chi connectivity index (χ2v) is 5.48. The van der Waals surface area contributed by atoms with Crippen molar-refractivity contribution in [3.05, 3.63) is 23.8 Å². The van der Waals surface area contributed by atoms with Crippen LogP contribution in [0.1, 0.15) is 18.9 Å². The maximum absolute atomic E-state index is 12.4.